The van der Waals surface area contributed by atoms with E-state index in [2.05, 4.69) is 34.9 Å². The van der Waals surface area contributed by atoms with Crippen LogP contribution in [-0.2, 0) is 17.8 Å². The number of fused-ring (bicyclic) bond motifs is 1. The van der Waals surface area contributed by atoms with E-state index in [9.17, 15) is 4.79 Å². The molecular formula is C21H26N2O3. The number of rotatable bonds is 8. The normalized spacial score (nSPS) is 15.4. The van der Waals surface area contributed by atoms with Crippen LogP contribution in [0.15, 0.2) is 42.5 Å². The molecular weight excluding hydrogens is 328 g/mol. The highest BCUT2D eigenvalue weighted by molar-refractivity contribution is 5.77. The van der Waals surface area contributed by atoms with Gasteiger partial charge in [0, 0.05) is 19.1 Å². The zero-order valence-electron chi connectivity index (χ0n) is 15.4. The average Bonchev–Trinajstić information content (AvgIpc) is 3.08. The lowest BCUT2D eigenvalue weighted by atomic mass is 10.1. The van der Waals surface area contributed by atoms with Gasteiger partial charge in [0.05, 0.1) is 7.11 Å². The number of likely N-dealkylation sites (N-methyl/N-ethyl adjacent to an activating group) is 1. The van der Waals surface area contributed by atoms with Crippen molar-refractivity contribution in [1.82, 2.24) is 10.6 Å². The molecule has 5 nitrogen and oxygen atoms in total. The van der Waals surface area contributed by atoms with Gasteiger partial charge in [0.2, 0.25) is 0 Å². The Morgan fingerprint density at radius 2 is 2.04 bits per heavy atom. The second kappa shape index (κ2) is 8.72. The molecule has 0 bridgehead atoms. The van der Waals surface area contributed by atoms with Crippen molar-refractivity contribution in [2.24, 2.45) is 0 Å². The van der Waals surface area contributed by atoms with E-state index in [0.717, 1.165) is 24.9 Å². The van der Waals surface area contributed by atoms with Gasteiger partial charge < -0.3 is 20.1 Å². The number of amides is 1. The summed E-state index contributed by atoms with van der Waals surface area (Å²) in [6.07, 6.45) is 2.26. The molecule has 0 fully saturated rings. The summed E-state index contributed by atoms with van der Waals surface area (Å²) < 4.78 is 11.0. The molecule has 2 aromatic rings. The molecule has 1 amide bonds. The molecule has 138 valence electrons. The Labute approximate surface area is 154 Å². The number of methoxy groups -OCH3 is 1. The molecule has 1 unspecified atom stereocenters. The summed E-state index contributed by atoms with van der Waals surface area (Å²) in [5.74, 6) is 1.08. The number of benzene rings is 2. The van der Waals surface area contributed by atoms with Gasteiger partial charge in [-0.15, -0.1) is 0 Å². The lowest BCUT2D eigenvalue weighted by Gasteiger charge is -2.16. The second-order valence-corrected chi connectivity index (χ2v) is 6.40. The van der Waals surface area contributed by atoms with Crippen LogP contribution in [0.25, 0.3) is 0 Å². The maximum atomic E-state index is 11.5. The summed E-state index contributed by atoms with van der Waals surface area (Å²) in [4.78, 5) is 11.5. The number of hydrogen-bond donors (Lipinski definition) is 2. The lowest BCUT2D eigenvalue weighted by molar-refractivity contribution is -0.123. The first-order chi connectivity index (χ1) is 12.7. The van der Waals surface area contributed by atoms with Gasteiger partial charge in [-0.2, -0.15) is 0 Å². The molecule has 5 heteroatoms. The van der Waals surface area contributed by atoms with Crippen molar-refractivity contribution in [2.75, 3.05) is 20.3 Å². The number of nitrogens with one attached hydrogen (secondary N) is 2. The number of carbonyl (C=O) groups excluding carboxylic acids is 1. The lowest BCUT2D eigenvalue weighted by Crippen LogP contribution is -2.28. The number of carbonyl (C=O) groups is 1. The van der Waals surface area contributed by atoms with E-state index < -0.39 is 0 Å². The zero-order valence-corrected chi connectivity index (χ0v) is 15.4. The summed E-state index contributed by atoms with van der Waals surface area (Å²) in [6.45, 7) is 3.21. The van der Waals surface area contributed by atoms with E-state index in [1.54, 1.807) is 7.11 Å². The van der Waals surface area contributed by atoms with Gasteiger partial charge in [0.1, 0.15) is 0 Å². The summed E-state index contributed by atoms with van der Waals surface area (Å²) in [5, 5.41) is 6.34. The van der Waals surface area contributed by atoms with Crippen LogP contribution in [0.4, 0.5) is 0 Å². The molecule has 0 radical (unpaired) electrons. The number of aryl methyl sites for hydroxylation is 1. The summed E-state index contributed by atoms with van der Waals surface area (Å²) >= 11 is 0. The quantitative estimate of drug-likeness (QED) is 0.765. The minimum Gasteiger partial charge on any atom is -0.493 e. The van der Waals surface area contributed by atoms with Crippen LogP contribution in [0.5, 0.6) is 11.5 Å². The topological polar surface area (TPSA) is 59.6 Å². The molecule has 0 aromatic heterocycles. The molecule has 0 spiro atoms. The maximum absolute atomic E-state index is 11.5. The van der Waals surface area contributed by atoms with E-state index >= 15 is 0 Å². The van der Waals surface area contributed by atoms with Crippen LogP contribution in [0.1, 0.15) is 36.1 Å². The van der Waals surface area contributed by atoms with Gasteiger partial charge >= 0.3 is 0 Å². The summed E-state index contributed by atoms with van der Waals surface area (Å²) in [7, 11) is 1.61. The van der Waals surface area contributed by atoms with Gasteiger partial charge in [0.25, 0.3) is 5.91 Å². The molecule has 0 heterocycles. The molecule has 0 aliphatic heterocycles. The fourth-order valence-electron chi connectivity index (χ4n) is 3.34. The average molecular weight is 354 g/mol. The Kier molecular flexibility index (Phi) is 6.12. The second-order valence-electron chi connectivity index (χ2n) is 6.40. The molecule has 0 saturated carbocycles. The molecule has 3 rings (SSSR count). The van der Waals surface area contributed by atoms with Gasteiger partial charge in [0.15, 0.2) is 18.1 Å². The van der Waals surface area contributed by atoms with Crippen LogP contribution in [0, 0.1) is 0 Å². The minimum atomic E-state index is -0.139. The van der Waals surface area contributed by atoms with E-state index in [-0.39, 0.29) is 12.5 Å². The molecule has 26 heavy (non-hydrogen) atoms. The SMILES string of the molecule is CCNC(=O)COc1ccc(CNC2CCc3ccccc32)cc1OC. The Morgan fingerprint density at radius 1 is 1.19 bits per heavy atom. The fraction of sp³-hybridized carbons (Fsp3) is 0.381. The van der Waals surface area contributed by atoms with Gasteiger partial charge in [-0.05, 0) is 48.6 Å². The van der Waals surface area contributed by atoms with Crippen molar-refractivity contribution >= 4 is 5.91 Å². The van der Waals surface area contributed by atoms with E-state index in [1.165, 1.54) is 11.1 Å². The Bertz CT molecular complexity index is 761. The van der Waals surface area contributed by atoms with Crippen LogP contribution in [0.3, 0.4) is 0 Å². The molecule has 1 aliphatic rings. The largest absolute Gasteiger partial charge is 0.493 e. The highest BCUT2D eigenvalue weighted by Gasteiger charge is 2.21. The Hall–Kier alpha value is -2.53. The maximum Gasteiger partial charge on any atom is 0.257 e. The Morgan fingerprint density at radius 3 is 2.85 bits per heavy atom. The minimum absolute atomic E-state index is 0.0132. The van der Waals surface area contributed by atoms with Crippen molar-refractivity contribution in [1.29, 1.82) is 0 Å². The Balaban J connectivity index is 1.60. The summed E-state index contributed by atoms with van der Waals surface area (Å²) in [6, 6.07) is 14.8. The predicted molar refractivity (Wildman–Crippen MR) is 102 cm³/mol. The number of ether oxygens (including phenoxy) is 2. The highest BCUT2D eigenvalue weighted by atomic mass is 16.5. The van der Waals surface area contributed by atoms with Crippen molar-refractivity contribution in [2.45, 2.75) is 32.4 Å². The smallest absolute Gasteiger partial charge is 0.257 e. The number of hydrogen-bond acceptors (Lipinski definition) is 4. The standard InChI is InChI=1S/C21H26N2O3/c1-3-22-21(24)14-26-19-11-8-15(12-20(19)25-2)13-23-18-10-9-16-6-4-5-7-17(16)18/h4-8,11-12,18,23H,3,9-10,13-14H2,1-2H3,(H,22,24). The third-order valence-corrected chi connectivity index (χ3v) is 4.65. The third kappa shape index (κ3) is 4.35. The van der Waals surface area contributed by atoms with Crippen LogP contribution in [0.2, 0.25) is 0 Å². The fourth-order valence-corrected chi connectivity index (χ4v) is 3.34. The monoisotopic (exact) mass is 354 g/mol. The first-order valence-corrected chi connectivity index (χ1v) is 9.09. The van der Waals surface area contributed by atoms with Crippen LogP contribution in [-0.4, -0.2) is 26.2 Å². The van der Waals surface area contributed by atoms with Crippen molar-refractivity contribution in [3.63, 3.8) is 0 Å². The van der Waals surface area contributed by atoms with Crippen LogP contribution >= 0.6 is 0 Å². The molecule has 1 aliphatic carbocycles. The van der Waals surface area contributed by atoms with Crippen molar-refractivity contribution in [3.05, 3.63) is 59.2 Å². The summed E-state index contributed by atoms with van der Waals surface area (Å²) in [5.41, 5.74) is 3.97. The molecule has 2 N–H and O–H groups in total. The van der Waals surface area contributed by atoms with E-state index in [1.807, 2.05) is 25.1 Å². The van der Waals surface area contributed by atoms with Crippen LogP contribution < -0.4 is 20.1 Å². The first-order valence-electron chi connectivity index (χ1n) is 9.09. The van der Waals surface area contributed by atoms with Gasteiger partial charge in [-0.1, -0.05) is 30.3 Å². The molecule has 1 atom stereocenters. The molecule has 0 saturated heterocycles. The molecule has 2 aromatic carbocycles. The van der Waals surface area contributed by atoms with E-state index in [4.69, 9.17) is 9.47 Å². The van der Waals surface area contributed by atoms with Gasteiger partial charge in [-0.25, -0.2) is 0 Å². The van der Waals surface area contributed by atoms with Gasteiger partial charge in [-0.3, -0.25) is 4.79 Å². The van der Waals surface area contributed by atoms with Crippen molar-refractivity contribution < 1.29 is 14.3 Å². The highest BCUT2D eigenvalue weighted by Crippen LogP contribution is 2.32. The first kappa shape index (κ1) is 18.3. The van der Waals surface area contributed by atoms with E-state index in [0.29, 0.717) is 24.1 Å². The third-order valence-electron chi connectivity index (χ3n) is 4.65. The predicted octanol–water partition coefficient (Wildman–Crippen LogP) is 2.99. The zero-order chi connectivity index (χ0) is 18.4. The van der Waals surface area contributed by atoms with Crippen molar-refractivity contribution in [3.8, 4) is 11.5 Å².